The van der Waals surface area contributed by atoms with Gasteiger partial charge in [-0.3, -0.25) is 0 Å². The molecule has 0 atom stereocenters. The molecule has 0 aliphatic carbocycles. The van der Waals surface area contributed by atoms with E-state index in [4.69, 9.17) is 0 Å². The molecule has 0 aromatic carbocycles. The van der Waals surface area contributed by atoms with E-state index < -0.39 is 17.7 Å². The second-order valence-corrected chi connectivity index (χ2v) is 12.9. The third-order valence-electron chi connectivity index (χ3n) is 4.46. The number of hydrogen-bond donors (Lipinski definition) is 0. The fourth-order valence-corrected chi connectivity index (χ4v) is 8.65. The maximum absolute atomic E-state index is 10.4. The van der Waals surface area contributed by atoms with Gasteiger partial charge < -0.3 is 0 Å². The molecule has 0 bridgehead atoms. The van der Waals surface area contributed by atoms with Crippen molar-refractivity contribution in [2.45, 2.75) is 80.1 Å². The predicted octanol–water partition coefficient (Wildman–Crippen LogP) is 5.46. The normalized spacial score (nSPS) is 12.6. The Labute approximate surface area is 152 Å². The van der Waals surface area contributed by atoms with Crippen LogP contribution in [0.4, 0.5) is 0 Å². The quantitative estimate of drug-likeness (QED) is 0.372. The minimum atomic E-state index is -3.68. The van der Waals surface area contributed by atoms with E-state index in [1.54, 1.807) is 32.3 Å². The number of hydrogen-bond acceptors (Lipinski definition) is 4. The van der Waals surface area contributed by atoms with Crippen molar-refractivity contribution in [2.24, 2.45) is 0 Å². The van der Waals surface area contributed by atoms with Crippen LogP contribution in [0.2, 0.25) is 0 Å². The van der Waals surface area contributed by atoms with Gasteiger partial charge in [-0.25, -0.2) is 8.37 Å². The smallest absolute Gasteiger partial charge is 0.248 e. The van der Waals surface area contributed by atoms with E-state index in [0.717, 1.165) is 0 Å². The van der Waals surface area contributed by atoms with Crippen molar-refractivity contribution in [2.75, 3.05) is 37.9 Å². The molecule has 6 heteroatoms. The van der Waals surface area contributed by atoms with Gasteiger partial charge in [-0.15, -0.1) is 0 Å². The van der Waals surface area contributed by atoms with Crippen molar-refractivity contribution in [3.8, 4) is 0 Å². The van der Waals surface area contributed by atoms with Gasteiger partial charge in [-0.05, 0) is 13.8 Å². The SMILES string of the molecule is CCCC[PH](CC)(CCCC)CCCC.CCOS(=O)(=O)OCC. The van der Waals surface area contributed by atoms with Crippen molar-refractivity contribution >= 4 is 17.7 Å². The summed E-state index contributed by atoms with van der Waals surface area (Å²) in [5.74, 6) is 0. The van der Waals surface area contributed by atoms with Crippen molar-refractivity contribution in [3.63, 3.8) is 0 Å². The van der Waals surface area contributed by atoms with E-state index >= 15 is 0 Å². The van der Waals surface area contributed by atoms with Crippen LogP contribution in [0.1, 0.15) is 80.1 Å². The molecule has 0 saturated heterocycles. The van der Waals surface area contributed by atoms with Crippen LogP contribution in [0.15, 0.2) is 0 Å². The zero-order valence-electron chi connectivity index (χ0n) is 17.0. The standard InChI is InChI=1S/C14H33P.C4H10O4S/c1-5-9-12-15(8-4,13-10-6-2)14-11-7-3;1-3-7-9(5,6)8-4-2/h15H,5-14H2,1-4H3;3-4H2,1-2H3. The van der Waals surface area contributed by atoms with Crippen LogP contribution in [0, 0.1) is 0 Å². The van der Waals surface area contributed by atoms with Crippen molar-refractivity contribution in [1.82, 2.24) is 0 Å². The van der Waals surface area contributed by atoms with E-state index in [9.17, 15) is 8.42 Å². The van der Waals surface area contributed by atoms with Gasteiger partial charge in [0.05, 0.1) is 13.2 Å². The molecule has 0 aromatic rings. The number of unbranched alkanes of at least 4 members (excludes halogenated alkanes) is 3. The summed E-state index contributed by atoms with van der Waals surface area (Å²) < 4.78 is 29.2. The van der Waals surface area contributed by atoms with E-state index in [2.05, 4.69) is 36.1 Å². The number of rotatable bonds is 14. The summed E-state index contributed by atoms with van der Waals surface area (Å²) in [6, 6.07) is 0. The molecular formula is C18H43O4PS. The molecular weight excluding hydrogens is 343 g/mol. The van der Waals surface area contributed by atoms with E-state index in [1.807, 2.05) is 0 Å². The van der Waals surface area contributed by atoms with Crippen LogP contribution >= 0.6 is 7.26 Å². The molecule has 0 rings (SSSR count). The Morgan fingerprint density at radius 3 is 1.21 bits per heavy atom. The van der Waals surface area contributed by atoms with Crippen LogP contribution < -0.4 is 0 Å². The van der Waals surface area contributed by atoms with Gasteiger partial charge >= 0.3 is 109 Å². The zero-order valence-corrected chi connectivity index (χ0v) is 18.8. The molecule has 0 aromatic heterocycles. The Balaban J connectivity index is 0. The van der Waals surface area contributed by atoms with Gasteiger partial charge in [0.15, 0.2) is 0 Å². The predicted molar refractivity (Wildman–Crippen MR) is 110 cm³/mol. The first-order valence-electron chi connectivity index (χ1n) is 9.90. The molecule has 0 spiro atoms. The Kier molecular flexibility index (Phi) is 18.5. The van der Waals surface area contributed by atoms with E-state index in [1.165, 1.54) is 44.7 Å². The van der Waals surface area contributed by atoms with Gasteiger partial charge in [-0.2, -0.15) is 8.42 Å². The average molecular weight is 387 g/mol. The second kappa shape index (κ2) is 16.8. The monoisotopic (exact) mass is 386 g/mol. The summed E-state index contributed by atoms with van der Waals surface area (Å²) in [6.07, 6.45) is 15.0. The van der Waals surface area contributed by atoms with E-state index in [0.29, 0.717) is 0 Å². The fourth-order valence-electron chi connectivity index (χ4n) is 2.88. The Bertz CT molecular complexity index is 324. The summed E-state index contributed by atoms with van der Waals surface area (Å²) in [4.78, 5) is 0. The van der Waals surface area contributed by atoms with Crippen molar-refractivity contribution in [3.05, 3.63) is 0 Å². The first kappa shape index (κ1) is 26.5. The largest absolute Gasteiger partial charge is 0.399 e. The topological polar surface area (TPSA) is 52.6 Å². The third-order valence-corrected chi connectivity index (χ3v) is 11.2. The van der Waals surface area contributed by atoms with Crippen molar-refractivity contribution in [1.29, 1.82) is 0 Å². The Morgan fingerprint density at radius 2 is 1.00 bits per heavy atom. The van der Waals surface area contributed by atoms with E-state index in [-0.39, 0.29) is 13.2 Å². The molecule has 0 radical (unpaired) electrons. The van der Waals surface area contributed by atoms with Gasteiger partial charge in [0.1, 0.15) is 0 Å². The fraction of sp³-hybridized carbons (Fsp3) is 1.00. The summed E-state index contributed by atoms with van der Waals surface area (Å²) in [5, 5.41) is 0. The Morgan fingerprint density at radius 1 is 0.667 bits per heavy atom. The molecule has 0 fully saturated rings. The third kappa shape index (κ3) is 14.6. The molecule has 0 unspecified atom stereocenters. The molecule has 0 aliphatic heterocycles. The molecule has 0 aliphatic rings. The maximum atomic E-state index is 10.4. The summed E-state index contributed by atoms with van der Waals surface area (Å²) in [6.45, 7) is 12.9. The second-order valence-electron chi connectivity index (χ2n) is 6.39. The summed E-state index contributed by atoms with van der Waals surface area (Å²) >= 11 is 0. The molecule has 0 amide bonds. The summed E-state index contributed by atoms with van der Waals surface area (Å²) in [7, 11) is -4.51. The van der Waals surface area contributed by atoms with Gasteiger partial charge in [0.2, 0.25) is 0 Å². The average Bonchev–Trinajstić information content (AvgIpc) is 2.55. The molecule has 0 saturated carbocycles. The molecule has 24 heavy (non-hydrogen) atoms. The van der Waals surface area contributed by atoms with Crippen LogP contribution in [0.5, 0.6) is 0 Å². The Hall–Kier alpha value is 0.300. The molecule has 4 nitrogen and oxygen atoms in total. The van der Waals surface area contributed by atoms with Gasteiger partial charge in [0, 0.05) is 0 Å². The van der Waals surface area contributed by atoms with Crippen molar-refractivity contribution < 1.29 is 16.8 Å². The van der Waals surface area contributed by atoms with Crippen LogP contribution in [0.25, 0.3) is 0 Å². The van der Waals surface area contributed by atoms with Gasteiger partial charge in [0.25, 0.3) is 0 Å². The van der Waals surface area contributed by atoms with Crippen LogP contribution in [-0.2, 0) is 18.8 Å². The first-order chi connectivity index (χ1) is 11.4. The molecule has 0 heterocycles. The maximum Gasteiger partial charge on any atom is 0.399 e. The first-order valence-corrected chi connectivity index (χ1v) is 14.1. The zero-order chi connectivity index (χ0) is 18.9. The van der Waals surface area contributed by atoms with Gasteiger partial charge in [-0.1, -0.05) is 0 Å². The van der Waals surface area contributed by atoms with Crippen LogP contribution in [0.3, 0.4) is 0 Å². The summed E-state index contributed by atoms with van der Waals surface area (Å²) in [5.41, 5.74) is 0. The van der Waals surface area contributed by atoms with Crippen LogP contribution in [-0.4, -0.2) is 46.3 Å². The molecule has 0 N–H and O–H groups in total. The minimum Gasteiger partial charge on any atom is -0.248 e. The molecule has 150 valence electrons. The minimum absolute atomic E-state index is 0.113.